The van der Waals surface area contributed by atoms with Crippen LogP contribution in [0.2, 0.25) is 0 Å². The van der Waals surface area contributed by atoms with E-state index >= 15 is 0 Å². The Morgan fingerprint density at radius 1 is 1.54 bits per heavy atom. The van der Waals surface area contributed by atoms with Gasteiger partial charge in [0.25, 0.3) is 0 Å². The lowest BCUT2D eigenvalue weighted by Crippen LogP contribution is -2.05. The van der Waals surface area contributed by atoms with Crippen LogP contribution in [0.4, 0.5) is 13.2 Å². The number of aldehydes is 1. The number of thiophene rings is 1. The van der Waals surface area contributed by atoms with Crippen LogP contribution in [-0.2, 0) is 6.18 Å². The van der Waals surface area contributed by atoms with Crippen LogP contribution in [0, 0.1) is 11.3 Å². The first-order chi connectivity index (χ1) is 6.00. The number of carbonyl (C=O) groups excluding carboxylic acids is 1. The van der Waals surface area contributed by atoms with Gasteiger partial charge in [-0.2, -0.15) is 18.4 Å². The number of hydrogen-bond donors (Lipinski definition) is 0. The van der Waals surface area contributed by atoms with Crippen molar-refractivity contribution in [3.8, 4) is 6.07 Å². The molecule has 0 unspecified atom stereocenters. The third-order valence-corrected chi connectivity index (χ3v) is 2.25. The van der Waals surface area contributed by atoms with Crippen LogP contribution in [0.3, 0.4) is 0 Å². The van der Waals surface area contributed by atoms with Gasteiger partial charge in [-0.3, -0.25) is 4.79 Å². The van der Waals surface area contributed by atoms with Crippen molar-refractivity contribution in [2.75, 3.05) is 0 Å². The first-order valence-corrected chi connectivity index (χ1v) is 3.92. The lowest BCUT2D eigenvalue weighted by Gasteiger charge is -2.02. The number of nitrogens with zero attached hydrogens (tertiary/aromatic N) is 1. The highest BCUT2D eigenvalue weighted by Gasteiger charge is 2.35. The van der Waals surface area contributed by atoms with Gasteiger partial charge >= 0.3 is 6.18 Å². The van der Waals surface area contributed by atoms with Crippen molar-refractivity contribution in [3.05, 3.63) is 21.4 Å². The summed E-state index contributed by atoms with van der Waals surface area (Å²) in [6.45, 7) is 0. The second-order valence-corrected chi connectivity index (χ2v) is 3.03. The van der Waals surface area contributed by atoms with Gasteiger partial charge in [-0.25, -0.2) is 0 Å². The molecule has 1 heterocycles. The van der Waals surface area contributed by atoms with Gasteiger partial charge in [-0.15, -0.1) is 11.3 Å². The van der Waals surface area contributed by atoms with Crippen LogP contribution in [0.15, 0.2) is 5.38 Å². The molecule has 0 atom stereocenters. The Balaban J connectivity index is 3.34. The standard InChI is InChI=1S/C7H2F3NOS/c8-7(9,10)5-3-13-6(2-12)4(5)1-11/h2-3H. The summed E-state index contributed by atoms with van der Waals surface area (Å²) in [4.78, 5) is 10.0. The van der Waals surface area contributed by atoms with Gasteiger partial charge in [0.05, 0.1) is 16.0 Å². The second kappa shape index (κ2) is 3.18. The van der Waals surface area contributed by atoms with Crippen LogP contribution in [0.1, 0.15) is 20.8 Å². The van der Waals surface area contributed by atoms with Crippen molar-refractivity contribution in [1.29, 1.82) is 5.26 Å². The quantitative estimate of drug-likeness (QED) is 0.660. The molecule has 0 N–H and O–H groups in total. The van der Waals surface area contributed by atoms with Crippen LogP contribution < -0.4 is 0 Å². The van der Waals surface area contributed by atoms with Crippen LogP contribution in [0.25, 0.3) is 0 Å². The summed E-state index contributed by atoms with van der Waals surface area (Å²) in [5, 5.41) is 9.15. The summed E-state index contributed by atoms with van der Waals surface area (Å²) in [6.07, 6.45) is -4.32. The monoisotopic (exact) mass is 205 g/mol. The molecule has 68 valence electrons. The van der Waals surface area contributed by atoms with Crippen LogP contribution >= 0.6 is 11.3 Å². The van der Waals surface area contributed by atoms with E-state index in [0.717, 1.165) is 5.38 Å². The van der Waals surface area contributed by atoms with E-state index in [0.29, 0.717) is 11.3 Å². The molecule has 2 nitrogen and oxygen atoms in total. The van der Waals surface area contributed by atoms with E-state index in [9.17, 15) is 18.0 Å². The highest BCUT2D eigenvalue weighted by molar-refractivity contribution is 7.12. The summed E-state index contributed by atoms with van der Waals surface area (Å²) >= 11 is 0.617. The van der Waals surface area contributed by atoms with Gasteiger partial charge in [0.1, 0.15) is 6.07 Å². The molecule has 0 bridgehead atoms. The lowest BCUT2D eigenvalue weighted by molar-refractivity contribution is -0.137. The Hall–Kier alpha value is -1.35. The molecule has 0 saturated heterocycles. The molecule has 1 rings (SSSR count). The highest BCUT2D eigenvalue weighted by atomic mass is 32.1. The fourth-order valence-electron chi connectivity index (χ4n) is 0.784. The molecule has 0 spiro atoms. The Kier molecular flexibility index (Phi) is 2.38. The Morgan fingerprint density at radius 3 is 2.54 bits per heavy atom. The van der Waals surface area contributed by atoms with Crippen molar-refractivity contribution in [2.24, 2.45) is 0 Å². The molecule has 0 amide bonds. The average molecular weight is 205 g/mol. The lowest BCUT2D eigenvalue weighted by atomic mass is 10.1. The molecule has 0 aliphatic heterocycles. The summed E-state index contributed by atoms with van der Waals surface area (Å²) in [5.74, 6) is 0. The maximum absolute atomic E-state index is 12.1. The van der Waals surface area contributed by atoms with E-state index in [4.69, 9.17) is 5.26 Å². The van der Waals surface area contributed by atoms with E-state index in [1.165, 1.54) is 6.07 Å². The molecule has 0 aliphatic carbocycles. The topological polar surface area (TPSA) is 40.9 Å². The van der Waals surface area contributed by atoms with Gasteiger partial charge in [-0.1, -0.05) is 0 Å². The maximum atomic E-state index is 12.1. The third kappa shape index (κ3) is 1.70. The summed E-state index contributed by atoms with van der Waals surface area (Å²) in [6, 6.07) is 1.36. The average Bonchev–Trinajstić information content (AvgIpc) is 2.45. The molecule has 6 heteroatoms. The number of nitriles is 1. The minimum Gasteiger partial charge on any atom is -0.297 e. The highest BCUT2D eigenvalue weighted by Crippen LogP contribution is 2.35. The first kappa shape index (κ1) is 9.74. The van der Waals surface area contributed by atoms with Crippen LogP contribution in [0.5, 0.6) is 0 Å². The number of halogens is 3. The number of rotatable bonds is 1. The predicted octanol–water partition coefficient (Wildman–Crippen LogP) is 2.45. The SMILES string of the molecule is N#Cc1c(C(F)(F)F)csc1C=O. The van der Waals surface area contributed by atoms with Gasteiger partial charge in [0.2, 0.25) is 0 Å². The largest absolute Gasteiger partial charge is 0.418 e. The van der Waals surface area contributed by atoms with Gasteiger partial charge < -0.3 is 0 Å². The molecule has 0 radical (unpaired) electrons. The fraction of sp³-hybridized carbons (Fsp3) is 0.143. The minimum absolute atomic E-state index is 0.185. The first-order valence-electron chi connectivity index (χ1n) is 3.04. The van der Waals surface area contributed by atoms with E-state index < -0.39 is 17.3 Å². The molecule has 1 aromatic rings. The number of carbonyl (C=O) groups is 1. The second-order valence-electron chi connectivity index (χ2n) is 2.12. The summed E-state index contributed by atoms with van der Waals surface area (Å²) in [7, 11) is 0. The van der Waals surface area contributed by atoms with Crippen LogP contribution in [-0.4, -0.2) is 6.29 Å². The maximum Gasteiger partial charge on any atom is 0.418 e. The van der Waals surface area contributed by atoms with Crippen molar-refractivity contribution < 1.29 is 18.0 Å². The zero-order chi connectivity index (χ0) is 10.1. The van der Waals surface area contributed by atoms with E-state index in [-0.39, 0.29) is 11.2 Å². The van der Waals surface area contributed by atoms with E-state index in [1.54, 1.807) is 0 Å². The smallest absolute Gasteiger partial charge is 0.297 e. The van der Waals surface area contributed by atoms with Crippen molar-refractivity contribution in [1.82, 2.24) is 0 Å². The third-order valence-electron chi connectivity index (χ3n) is 1.34. The predicted molar refractivity (Wildman–Crippen MR) is 39.4 cm³/mol. The summed E-state index contributed by atoms with van der Waals surface area (Å²) < 4.78 is 36.4. The summed E-state index contributed by atoms with van der Waals surface area (Å²) in [5.41, 5.74) is -1.63. The Morgan fingerprint density at radius 2 is 2.15 bits per heavy atom. The zero-order valence-corrected chi connectivity index (χ0v) is 6.87. The van der Waals surface area contributed by atoms with E-state index in [2.05, 4.69) is 0 Å². The van der Waals surface area contributed by atoms with Crippen molar-refractivity contribution >= 4 is 17.6 Å². The number of alkyl halides is 3. The fourth-order valence-corrected chi connectivity index (χ4v) is 1.61. The van der Waals surface area contributed by atoms with Gasteiger partial charge in [-0.05, 0) is 0 Å². The van der Waals surface area contributed by atoms with Crippen molar-refractivity contribution in [3.63, 3.8) is 0 Å². The zero-order valence-electron chi connectivity index (χ0n) is 6.05. The Bertz CT molecular complexity index is 374. The molecule has 0 saturated carbocycles. The van der Waals surface area contributed by atoms with Crippen molar-refractivity contribution in [2.45, 2.75) is 6.18 Å². The minimum atomic E-state index is -4.57. The number of hydrogen-bond acceptors (Lipinski definition) is 3. The van der Waals surface area contributed by atoms with Gasteiger partial charge in [0, 0.05) is 5.38 Å². The molecule has 0 aromatic carbocycles. The normalized spacial score (nSPS) is 10.9. The molecule has 0 aliphatic rings. The molecular weight excluding hydrogens is 203 g/mol. The molecule has 13 heavy (non-hydrogen) atoms. The molecule has 1 aromatic heterocycles. The molecular formula is C7H2F3NOS. The Labute approximate surface area is 75.2 Å². The molecule has 0 fully saturated rings. The van der Waals surface area contributed by atoms with Gasteiger partial charge in [0.15, 0.2) is 6.29 Å². The van der Waals surface area contributed by atoms with E-state index in [1.807, 2.05) is 0 Å².